The third-order valence-electron chi connectivity index (χ3n) is 10.8. The topological polar surface area (TPSA) is 68.3 Å². The molecule has 2 unspecified atom stereocenters. The van der Waals surface area contributed by atoms with Gasteiger partial charge in [0, 0.05) is 18.8 Å². The number of aliphatic carboxylic acids is 1. The summed E-state index contributed by atoms with van der Waals surface area (Å²) in [4.78, 5) is 13.1. The van der Waals surface area contributed by atoms with Gasteiger partial charge in [-0.2, -0.15) is 0 Å². The fraction of sp³-hybridized carbons (Fsp3) is 0.811. The summed E-state index contributed by atoms with van der Waals surface area (Å²) in [6, 6.07) is 0. The minimum absolute atomic E-state index is 0.0171. The molecule has 1 saturated heterocycles. The number of hydrogen-bond donors (Lipinski definition) is 1. The summed E-state index contributed by atoms with van der Waals surface area (Å²) in [5, 5.41) is 10.4. The van der Waals surface area contributed by atoms with Crippen molar-refractivity contribution in [3.8, 4) is 11.8 Å². The Bertz CT molecular complexity index is 1050. The van der Waals surface area contributed by atoms with Crippen molar-refractivity contribution >= 4 is 22.6 Å². The molecule has 0 bridgehead atoms. The fourth-order valence-electron chi connectivity index (χ4n) is 5.51. The molecule has 5 nitrogen and oxygen atoms in total. The van der Waals surface area contributed by atoms with Crippen LogP contribution >= 0.6 is 0 Å². The van der Waals surface area contributed by atoms with Crippen LogP contribution in [0.5, 0.6) is 0 Å². The first-order chi connectivity index (χ1) is 20.0. The maximum atomic E-state index is 13.1. The molecule has 0 spiro atoms. The van der Waals surface area contributed by atoms with E-state index >= 15 is 0 Å². The molecule has 0 aromatic heterocycles. The van der Waals surface area contributed by atoms with Gasteiger partial charge < -0.3 is 18.7 Å². The Labute approximate surface area is 273 Å². The number of carboxylic acids is 1. The molecule has 2 aliphatic rings. The molecule has 0 amide bonds. The van der Waals surface area contributed by atoms with E-state index in [-0.39, 0.29) is 28.7 Å². The minimum Gasteiger partial charge on any atom is -0.477 e. The standard InChI is InChI=1S/C37H66O5Si2/c1-27(2)18-17-20-28(3)19-15-16-21-30-23-22-29(4)31(30)26-33-32(40-33)24-25-37(34(38)39,41-43(11,12)35(5,6)7)42-44(13,14)36(8,9)10/h18,28,30-33H,4,15,17,19-20,22-26H2,1-3,5-14H3,(H,38,39)/t28?,30-,31-,32?,33-/m0/s1. The van der Waals surface area contributed by atoms with Crippen molar-refractivity contribution in [2.24, 2.45) is 17.8 Å². The van der Waals surface area contributed by atoms with Gasteiger partial charge in [-0.15, -0.1) is 5.92 Å². The lowest BCUT2D eigenvalue weighted by Crippen LogP contribution is -2.60. The number of rotatable bonds is 15. The zero-order chi connectivity index (χ0) is 33.7. The van der Waals surface area contributed by atoms with Gasteiger partial charge in [0.05, 0.1) is 12.2 Å². The molecule has 0 aromatic rings. The Hall–Kier alpha value is -1.18. The summed E-state index contributed by atoms with van der Waals surface area (Å²) >= 11 is 0. The third-order valence-corrected chi connectivity index (χ3v) is 19.7. The van der Waals surface area contributed by atoms with Crippen LogP contribution in [0.3, 0.4) is 0 Å². The van der Waals surface area contributed by atoms with Crippen LogP contribution in [0, 0.1) is 29.6 Å². The van der Waals surface area contributed by atoms with Gasteiger partial charge in [-0.1, -0.05) is 78.2 Å². The predicted octanol–water partition coefficient (Wildman–Crippen LogP) is 10.5. The highest BCUT2D eigenvalue weighted by atomic mass is 28.4. The summed E-state index contributed by atoms with van der Waals surface area (Å²) < 4.78 is 19.6. The zero-order valence-corrected chi connectivity index (χ0v) is 32.6. The maximum absolute atomic E-state index is 13.1. The molecule has 1 aliphatic heterocycles. The van der Waals surface area contributed by atoms with E-state index in [0.717, 1.165) is 38.5 Å². The van der Waals surface area contributed by atoms with Crippen molar-refractivity contribution in [1.29, 1.82) is 0 Å². The van der Waals surface area contributed by atoms with E-state index in [1.165, 1.54) is 17.6 Å². The van der Waals surface area contributed by atoms with Crippen molar-refractivity contribution in [2.45, 2.75) is 174 Å². The second kappa shape index (κ2) is 15.2. The van der Waals surface area contributed by atoms with Gasteiger partial charge in [-0.3, -0.25) is 0 Å². The first-order valence-electron chi connectivity index (χ1n) is 17.1. The largest absolute Gasteiger partial charge is 0.477 e. The molecule has 1 saturated carbocycles. The summed E-state index contributed by atoms with van der Waals surface area (Å²) in [7, 11) is -4.93. The van der Waals surface area contributed by atoms with Gasteiger partial charge in [0.2, 0.25) is 0 Å². The van der Waals surface area contributed by atoms with E-state index in [0.29, 0.717) is 24.2 Å². The van der Waals surface area contributed by atoms with Gasteiger partial charge in [0.25, 0.3) is 5.79 Å². The van der Waals surface area contributed by atoms with Crippen LogP contribution in [-0.4, -0.2) is 45.7 Å². The Morgan fingerprint density at radius 1 is 1.05 bits per heavy atom. The summed E-state index contributed by atoms with van der Waals surface area (Å²) in [5.41, 5.74) is 2.68. The van der Waals surface area contributed by atoms with Crippen molar-refractivity contribution in [3.05, 3.63) is 23.8 Å². The normalized spacial score (nSPS) is 23.6. The first kappa shape index (κ1) is 39.0. The first-order valence-corrected chi connectivity index (χ1v) is 22.9. The van der Waals surface area contributed by atoms with E-state index in [4.69, 9.17) is 13.6 Å². The number of hydrogen-bond acceptors (Lipinski definition) is 4. The summed E-state index contributed by atoms with van der Waals surface area (Å²) in [6.07, 6.45) is 10.8. The van der Waals surface area contributed by atoms with E-state index in [1.54, 1.807) is 0 Å². The molecule has 0 aromatic carbocycles. The van der Waals surface area contributed by atoms with E-state index in [2.05, 4.69) is 113 Å². The zero-order valence-electron chi connectivity index (χ0n) is 30.6. The van der Waals surface area contributed by atoms with Crippen LogP contribution in [0.4, 0.5) is 0 Å². The van der Waals surface area contributed by atoms with Gasteiger partial charge in [-0.05, 0) is 107 Å². The van der Waals surface area contributed by atoms with Crippen LogP contribution in [0.1, 0.15) is 120 Å². The number of epoxide rings is 1. The van der Waals surface area contributed by atoms with Gasteiger partial charge in [0.15, 0.2) is 16.6 Å². The molecule has 2 fully saturated rings. The Kier molecular flexibility index (Phi) is 13.4. The van der Waals surface area contributed by atoms with Crippen LogP contribution in [0.15, 0.2) is 23.8 Å². The molecule has 2 rings (SSSR count). The van der Waals surface area contributed by atoms with Gasteiger partial charge in [-0.25, -0.2) is 4.79 Å². The van der Waals surface area contributed by atoms with Crippen LogP contribution in [0.2, 0.25) is 36.3 Å². The van der Waals surface area contributed by atoms with Gasteiger partial charge in [0.1, 0.15) is 0 Å². The lowest BCUT2D eigenvalue weighted by Gasteiger charge is -2.48. The molecule has 1 heterocycles. The summed E-state index contributed by atoms with van der Waals surface area (Å²) in [6.45, 7) is 32.3. The van der Waals surface area contributed by atoms with Crippen LogP contribution in [0.25, 0.3) is 0 Å². The molecule has 7 heteroatoms. The number of carboxylic acid groups (broad SMARTS) is 1. The average molecular weight is 647 g/mol. The molecule has 1 N–H and O–H groups in total. The van der Waals surface area contributed by atoms with Crippen LogP contribution < -0.4 is 0 Å². The van der Waals surface area contributed by atoms with E-state index in [9.17, 15) is 9.90 Å². The molecule has 0 radical (unpaired) electrons. The van der Waals surface area contributed by atoms with Gasteiger partial charge >= 0.3 is 5.97 Å². The maximum Gasteiger partial charge on any atom is 0.362 e. The molecular formula is C37H66O5Si2. The summed E-state index contributed by atoms with van der Waals surface area (Å²) in [5.74, 6) is 5.80. The predicted molar refractivity (Wildman–Crippen MR) is 190 cm³/mol. The highest BCUT2D eigenvalue weighted by Crippen LogP contribution is 2.47. The highest BCUT2D eigenvalue weighted by Gasteiger charge is 2.56. The number of allylic oxidation sites excluding steroid dienone is 3. The van der Waals surface area contributed by atoms with Crippen molar-refractivity contribution < 1.29 is 23.5 Å². The van der Waals surface area contributed by atoms with E-state index in [1.807, 2.05) is 0 Å². The molecule has 44 heavy (non-hydrogen) atoms. The molecule has 1 aliphatic carbocycles. The SMILES string of the molecule is C=C1CC[C@H](C#CCCC(C)CCC=C(C)C)[C@H]1C[C@@H]1OC1CCC(O[Si](C)(C)C(C)(C)C)(O[Si](C)(C)C(C)(C)C)C(=O)O. The number of carbonyl (C=O) groups is 1. The van der Waals surface area contributed by atoms with Crippen LogP contribution in [-0.2, 0) is 18.4 Å². The monoisotopic (exact) mass is 646 g/mol. The lowest BCUT2D eigenvalue weighted by atomic mass is 9.88. The van der Waals surface area contributed by atoms with Crippen molar-refractivity contribution in [1.82, 2.24) is 0 Å². The van der Waals surface area contributed by atoms with E-state index < -0.39 is 28.4 Å². The Morgan fingerprint density at radius 2 is 1.61 bits per heavy atom. The quantitative estimate of drug-likeness (QED) is 0.0630. The lowest BCUT2D eigenvalue weighted by molar-refractivity contribution is -0.194. The smallest absolute Gasteiger partial charge is 0.362 e. The van der Waals surface area contributed by atoms with Crippen molar-refractivity contribution in [3.63, 3.8) is 0 Å². The van der Waals surface area contributed by atoms with Crippen molar-refractivity contribution in [2.75, 3.05) is 0 Å². The average Bonchev–Trinajstić information content (AvgIpc) is 3.52. The molecule has 252 valence electrons. The second-order valence-electron chi connectivity index (χ2n) is 17.0. The second-order valence-corrected chi connectivity index (χ2v) is 26.5. The minimum atomic E-state index is -2.47. The Morgan fingerprint density at radius 3 is 2.11 bits per heavy atom. The molecular weight excluding hydrogens is 581 g/mol. The Balaban J connectivity index is 2.07. The third kappa shape index (κ3) is 11.0. The number of ether oxygens (including phenoxy) is 1. The molecule has 5 atom stereocenters. The highest BCUT2D eigenvalue weighted by molar-refractivity contribution is 6.75. The fourth-order valence-corrected chi connectivity index (χ4v) is 8.32.